The van der Waals surface area contributed by atoms with Gasteiger partial charge in [-0.25, -0.2) is 9.07 Å². The van der Waals surface area contributed by atoms with Crippen molar-refractivity contribution in [1.82, 2.24) is 14.9 Å². The quantitative estimate of drug-likeness (QED) is 0.428. The van der Waals surface area contributed by atoms with Crippen molar-refractivity contribution in [3.8, 4) is 11.4 Å². The van der Waals surface area contributed by atoms with Crippen LogP contribution in [-0.2, 0) is 11.9 Å². The van der Waals surface area contributed by atoms with E-state index in [-0.39, 0.29) is 11.6 Å². The lowest BCUT2D eigenvalue weighted by Gasteiger charge is -2.08. The van der Waals surface area contributed by atoms with E-state index in [0.717, 1.165) is 23.9 Å². The summed E-state index contributed by atoms with van der Waals surface area (Å²) in [6.45, 7) is 0. The van der Waals surface area contributed by atoms with Crippen LogP contribution in [0.3, 0.4) is 0 Å². The zero-order valence-corrected chi connectivity index (χ0v) is 13.5. The third-order valence-corrected chi connectivity index (χ3v) is 4.40. The number of aromatic nitrogens is 3. The molecule has 0 amide bonds. The molecule has 0 fully saturated rings. The number of nitrogens with two attached hydrogens (primary N) is 1. The fourth-order valence-electron chi connectivity index (χ4n) is 2.16. The lowest BCUT2D eigenvalue weighted by atomic mass is 10.1. The fourth-order valence-corrected chi connectivity index (χ4v) is 2.96. The Morgan fingerprint density at radius 2 is 1.76 bits per heavy atom. The normalized spacial score (nSPS) is 11.7. The molecule has 4 nitrogen and oxygen atoms in total. The number of hydrogen-bond acceptors (Lipinski definition) is 4. The first-order chi connectivity index (χ1) is 11.8. The van der Waals surface area contributed by atoms with Crippen LogP contribution in [0.25, 0.3) is 11.4 Å². The molecule has 0 unspecified atom stereocenters. The van der Waals surface area contributed by atoms with Gasteiger partial charge in [0, 0.05) is 11.3 Å². The molecule has 0 saturated heterocycles. The first-order valence-electron chi connectivity index (χ1n) is 7.10. The second-order valence-electron chi connectivity index (χ2n) is 5.17. The van der Waals surface area contributed by atoms with Crippen LogP contribution >= 0.6 is 11.8 Å². The van der Waals surface area contributed by atoms with Crippen molar-refractivity contribution in [2.24, 2.45) is 0 Å². The molecule has 0 atom stereocenters. The topological polar surface area (TPSA) is 56.7 Å². The van der Waals surface area contributed by atoms with E-state index in [4.69, 9.17) is 5.84 Å². The molecule has 2 N–H and O–H groups in total. The van der Waals surface area contributed by atoms with E-state index < -0.39 is 11.7 Å². The first kappa shape index (κ1) is 17.3. The van der Waals surface area contributed by atoms with Crippen molar-refractivity contribution >= 4 is 11.8 Å². The minimum atomic E-state index is -4.38. The molecule has 25 heavy (non-hydrogen) atoms. The highest BCUT2D eigenvalue weighted by Crippen LogP contribution is 2.31. The summed E-state index contributed by atoms with van der Waals surface area (Å²) in [5.74, 6) is 6.14. The average molecular weight is 368 g/mol. The van der Waals surface area contributed by atoms with Crippen molar-refractivity contribution in [3.63, 3.8) is 0 Å². The van der Waals surface area contributed by atoms with E-state index in [2.05, 4.69) is 10.2 Å². The van der Waals surface area contributed by atoms with Crippen molar-refractivity contribution in [3.05, 3.63) is 65.5 Å². The van der Waals surface area contributed by atoms with Gasteiger partial charge < -0.3 is 5.84 Å². The van der Waals surface area contributed by atoms with Gasteiger partial charge in [0.2, 0.25) is 5.16 Å². The standard InChI is InChI=1S/C16H12F4N4S/c17-13-6-4-11(5-7-13)14-22-23-15(24(14)21)25-9-10-2-1-3-12(8-10)16(18,19)20/h1-8H,9,21H2. The lowest BCUT2D eigenvalue weighted by Crippen LogP contribution is -2.11. The molecule has 3 rings (SSSR count). The smallest absolute Gasteiger partial charge is 0.335 e. The Labute approximate surface area is 144 Å². The molecule has 1 aromatic heterocycles. The molecule has 0 spiro atoms. The molecular formula is C16H12F4N4S. The second kappa shape index (κ2) is 6.75. The van der Waals surface area contributed by atoms with E-state index in [0.29, 0.717) is 22.1 Å². The highest BCUT2D eigenvalue weighted by molar-refractivity contribution is 7.98. The number of thioether (sulfide) groups is 1. The zero-order chi connectivity index (χ0) is 18.0. The summed E-state index contributed by atoms with van der Waals surface area (Å²) < 4.78 is 52.4. The Morgan fingerprint density at radius 3 is 2.44 bits per heavy atom. The SMILES string of the molecule is Nn1c(SCc2cccc(C(F)(F)F)c2)nnc1-c1ccc(F)cc1. The van der Waals surface area contributed by atoms with Gasteiger partial charge >= 0.3 is 6.18 Å². The molecular weight excluding hydrogens is 356 g/mol. The third kappa shape index (κ3) is 3.93. The van der Waals surface area contributed by atoms with E-state index >= 15 is 0 Å². The summed E-state index contributed by atoms with van der Waals surface area (Å²) in [5.41, 5.74) is 0.375. The van der Waals surface area contributed by atoms with E-state index in [1.807, 2.05) is 0 Å². The number of alkyl halides is 3. The summed E-state index contributed by atoms with van der Waals surface area (Å²) in [4.78, 5) is 0. The Kier molecular flexibility index (Phi) is 4.67. The van der Waals surface area contributed by atoms with Crippen molar-refractivity contribution in [1.29, 1.82) is 0 Å². The second-order valence-corrected chi connectivity index (χ2v) is 6.11. The summed E-state index contributed by atoms with van der Waals surface area (Å²) in [6, 6.07) is 10.7. The molecule has 0 saturated carbocycles. The van der Waals surface area contributed by atoms with Crippen LogP contribution < -0.4 is 5.84 Å². The van der Waals surface area contributed by atoms with Crippen molar-refractivity contribution < 1.29 is 17.6 Å². The number of rotatable bonds is 4. The Morgan fingerprint density at radius 1 is 1.04 bits per heavy atom. The molecule has 0 radical (unpaired) electrons. The molecule has 0 aliphatic rings. The van der Waals surface area contributed by atoms with Crippen molar-refractivity contribution in [2.45, 2.75) is 17.1 Å². The van der Waals surface area contributed by atoms with E-state index in [1.54, 1.807) is 6.07 Å². The summed E-state index contributed by atoms with van der Waals surface area (Å²) in [5, 5.41) is 8.23. The maximum Gasteiger partial charge on any atom is 0.416 e. The van der Waals surface area contributed by atoms with Crippen LogP contribution in [0.5, 0.6) is 0 Å². The average Bonchev–Trinajstić information content (AvgIpc) is 2.94. The number of nitrogen functional groups attached to an aromatic ring is 1. The Bertz CT molecular complexity index is 875. The molecule has 0 bridgehead atoms. The van der Waals surface area contributed by atoms with E-state index in [9.17, 15) is 17.6 Å². The van der Waals surface area contributed by atoms with Crippen LogP contribution in [0, 0.1) is 5.82 Å². The summed E-state index contributed by atoms with van der Waals surface area (Å²) >= 11 is 1.16. The van der Waals surface area contributed by atoms with Gasteiger partial charge in [-0.3, -0.25) is 0 Å². The van der Waals surface area contributed by atoms with Crippen LogP contribution in [0.15, 0.2) is 53.7 Å². The monoisotopic (exact) mass is 368 g/mol. The van der Waals surface area contributed by atoms with Gasteiger partial charge in [-0.1, -0.05) is 30.0 Å². The molecule has 2 aromatic carbocycles. The highest BCUT2D eigenvalue weighted by atomic mass is 32.2. The molecule has 0 aliphatic carbocycles. The predicted octanol–water partition coefficient (Wildman–Crippen LogP) is 4.11. The maximum absolute atomic E-state index is 13.0. The van der Waals surface area contributed by atoms with Gasteiger partial charge in [0.15, 0.2) is 5.82 Å². The van der Waals surface area contributed by atoms with Gasteiger partial charge in [0.1, 0.15) is 5.82 Å². The molecule has 0 aliphatic heterocycles. The lowest BCUT2D eigenvalue weighted by molar-refractivity contribution is -0.137. The van der Waals surface area contributed by atoms with Gasteiger partial charge in [0.25, 0.3) is 0 Å². The van der Waals surface area contributed by atoms with Gasteiger partial charge in [0.05, 0.1) is 5.56 Å². The molecule has 1 heterocycles. The summed E-state index contributed by atoms with van der Waals surface area (Å²) in [7, 11) is 0. The van der Waals surface area contributed by atoms with Gasteiger partial charge in [-0.2, -0.15) is 13.2 Å². The minimum absolute atomic E-state index is 0.253. The van der Waals surface area contributed by atoms with Crippen LogP contribution in [0.4, 0.5) is 17.6 Å². The zero-order valence-electron chi connectivity index (χ0n) is 12.7. The van der Waals surface area contributed by atoms with Crippen LogP contribution in [0.1, 0.15) is 11.1 Å². The molecule has 9 heteroatoms. The van der Waals surface area contributed by atoms with Gasteiger partial charge in [-0.15, -0.1) is 10.2 Å². The van der Waals surface area contributed by atoms with Gasteiger partial charge in [-0.05, 0) is 35.9 Å². The van der Waals surface area contributed by atoms with Crippen LogP contribution in [0.2, 0.25) is 0 Å². The maximum atomic E-state index is 13.0. The Balaban J connectivity index is 1.76. The number of benzene rings is 2. The van der Waals surface area contributed by atoms with Crippen molar-refractivity contribution in [2.75, 3.05) is 5.84 Å². The largest absolute Gasteiger partial charge is 0.416 e. The fraction of sp³-hybridized carbons (Fsp3) is 0.125. The molecule has 130 valence electrons. The molecule has 3 aromatic rings. The number of hydrogen-bond donors (Lipinski definition) is 1. The van der Waals surface area contributed by atoms with Crippen LogP contribution in [-0.4, -0.2) is 14.9 Å². The first-order valence-corrected chi connectivity index (χ1v) is 8.08. The number of nitrogens with zero attached hydrogens (tertiary/aromatic N) is 3. The third-order valence-electron chi connectivity index (χ3n) is 3.39. The summed E-state index contributed by atoms with van der Waals surface area (Å²) in [6.07, 6.45) is -4.38. The number of halogens is 4. The highest BCUT2D eigenvalue weighted by Gasteiger charge is 2.30. The minimum Gasteiger partial charge on any atom is -0.335 e. The van der Waals surface area contributed by atoms with E-state index in [1.165, 1.54) is 35.0 Å². The Hall–Kier alpha value is -2.55. The predicted molar refractivity (Wildman–Crippen MR) is 86.6 cm³/mol.